The van der Waals surface area contributed by atoms with Crippen LogP contribution in [0.2, 0.25) is 0 Å². The lowest BCUT2D eigenvalue weighted by Crippen LogP contribution is -2.16. The van der Waals surface area contributed by atoms with E-state index in [9.17, 15) is 13.2 Å². The van der Waals surface area contributed by atoms with Crippen LogP contribution in [0.3, 0.4) is 0 Å². The van der Waals surface area contributed by atoms with Crippen LogP contribution in [0, 0.1) is 11.3 Å². The van der Waals surface area contributed by atoms with Crippen LogP contribution in [-0.2, 0) is 10.9 Å². The first kappa shape index (κ1) is 16.8. The predicted molar refractivity (Wildman–Crippen MR) is 70.9 cm³/mol. The molecule has 0 aromatic carbocycles. The number of ether oxygens (including phenoxy) is 1. The molecule has 1 aromatic rings. The third-order valence-corrected chi connectivity index (χ3v) is 4.08. The molecule has 0 aliphatic rings. The molecular weight excluding hydrogens is 416 g/mol. The van der Waals surface area contributed by atoms with Crippen LogP contribution in [0.5, 0.6) is 0 Å². The van der Waals surface area contributed by atoms with Gasteiger partial charge in [0, 0.05) is 6.61 Å². The average molecular weight is 424 g/mol. The molecule has 106 valence electrons. The Balaban J connectivity index is 3.52. The number of halogens is 6. The van der Waals surface area contributed by atoms with Gasteiger partial charge in [-0.05, 0) is 38.8 Å². The first-order chi connectivity index (χ1) is 8.79. The lowest BCUT2D eigenvalue weighted by molar-refractivity contribution is -0.138. The molecule has 0 amide bonds. The Morgan fingerprint density at radius 3 is 2.32 bits per heavy atom. The van der Waals surface area contributed by atoms with Gasteiger partial charge in [-0.2, -0.15) is 18.4 Å². The summed E-state index contributed by atoms with van der Waals surface area (Å²) in [5.74, 6) is -0.0537. The van der Waals surface area contributed by atoms with Crippen LogP contribution in [0.25, 0.3) is 0 Å². The van der Waals surface area contributed by atoms with E-state index >= 15 is 0 Å². The van der Waals surface area contributed by atoms with Crippen LogP contribution < -0.4 is 0 Å². The quantitative estimate of drug-likeness (QED) is 0.659. The average Bonchev–Trinajstić information content (AvgIpc) is 2.57. The topological polar surface area (TPSA) is 38.0 Å². The Kier molecular flexibility index (Phi) is 5.74. The normalized spacial score (nSPS) is 13.4. The molecule has 0 radical (unpaired) electrons. The number of nitriles is 1. The molecule has 1 heterocycles. The first-order valence-electron chi connectivity index (χ1n) is 5.03. The van der Waals surface area contributed by atoms with Gasteiger partial charge in [-0.3, -0.25) is 0 Å². The van der Waals surface area contributed by atoms with E-state index in [1.807, 2.05) is 0 Å². The van der Waals surface area contributed by atoms with Crippen molar-refractivity contribution in [3.8, 4) is 6.07 Å². The van der Waals surface area contributed by atoms with Crippen molar-refractivity contribution in [1.82, 2.24) is 4.57 Å². The van der Waals surface area contributed by atoms with E-state index in [1.165, 1.54) is 6.07 Å². The smallest absolute Gasteiger partial charge is 0.357 e. The molecule has 0 aliphatic carbocycles. The van der Waals surface area contributed by atoms with E-state index < -0.39 is 23.5 Å². The molecule has 1 aromatic heterocycles. The summed E-state index contributed by atoms with van der Waals surface area (Å²) in [6.45, 7) is 1.97. The number of hydrogen-bond acceptors (Lipinski definition) is 2. The molecule has 1 atom stereocenters. The maximum atomic E-state index is 13.0. The van der Waals surface area contributed by atoms with Crippen LogP contribution >= 0.6 is 43.5 Å². The molecule has 0 fully saturated rings. The standard InChI is InChI=1S/C10H8Br2ClF3N2O/c1-2-19-6(3-13)18-8(11)5(4-17)7(9(18)12)10(14,15)16/h6H,2-3H2,1H3. The Morgan fingerprint density at radius 1 is 1.42 bits per heavy atom. The summed E-state index contributed by atoms with van der Waals surface area (Å²) >= 11 is 11.5. The fourth-order valence-electron chi connectivity index (χ4n) is 1.53. The van der Waals surface area contributed by atoms with E-state index in [1.54, 1.807) is 6.92 Å². The van der Waals surface area contributed by atoms with Crippen LogP contribution in [0.4, 0.5) is 13.2 Å². The minimum Gasteiger partial charge on any atom is -0.357 e. The molecule has 0 N–H and O–H groups in total. The summed E-state index contributed by atoms with van der Waals surface area (Å²) < 4.78 is 45.0. The number of nitrogens with zero attached hydrogens (tertiary/aromatic N) is 2. The summed E-state index contributed by atoms with van der Waals surface area (Å²) in [7, 11) is 0. The summed E-state index contributed by atoms with van der Waals surface area (Å²) in [4.78, 5) is 0. The van der Waals surface area contributed by atoms with Crippen LogP contribution in [0.15, 0.2) is 9.21 Å². The maximum Gasteiger partial charge on any atom is 0.420 e. The number of aromatic nitrogens is 1. The zero-order valence-electron chi connectivity index (χ0n) is 9.56. The molecule has 1 unspecified atom stereocenters. The second kappa shape index (κ2) is 6.48. The molecule has 0 saturated carbocycles. The van der Waals surface area contributed by atoms with Crippen molar-refractivity contribution in [3.05, 3.63) is 20.3 Å². The summed E-state index contributed by atoms with van der Waals surface area (Å²) in [6.07, 6.45) is -5.46. The lowest BCUT2D eigenvalue weighted by atomic mass is 10.2. The molecule has 0 aliphatic heterocycles. The highest BCUT2D eigenvalue weighted by molar-refractivity contribution is 9.11. The summed E-state index contributed by atoms with van der Waals surface area (Å²) in [5.41, 5.74) is -1.55. The Bertz CT molecular complexity index is 510. The molecule has 1 rings (SSSR count). The van der Waals surface area contributed by atoms with Gasteiger partial charge >= 0.3 is 6.18 Å². The largest absolute Gasteiger partial charge is 0.420 e. The molecule has 0 spiro atoms. The minimum absolute atomic E-state index is 0.0201. The highest BCUT2D eigenvalue weighted by atomic mass is 79.9. The van der Waals surface area contributed by atoms with Crippen molar-refractivity contribution >= 4 is 43.5 Å². The van der Waals surface area contributed by atoms with Crippen LogP contribution in [-0.4, -0.2) is 17.1 Å². The van der Waals surface area contributed by atoms with Gasteiger partial charge in [0.05, 0.1) is 11.4 Å². The van der Waals surface area contributed by atoms with Gasteiger partial charge < -0.3 is 9.30 Å². The molecule has 0 saturated heterocycles. The third-order valence-electron chi connectivity index (χ3n) is 2.26. The van der Waals surface area contributed by atoms with Crippen molar-refractivity contribution in [1.29, 1.82) is 5.26 Å². The molecule has 9 heteroatoms. The minimum atomic E-state index is -4.65. The SMILES string of the molecule is CCOC(CCl)n1c(Br)c(C#N)c(C(F)(F)F)c1Br. The predicted octanol–water partition coefficient (Wildman–Crippen LogP) is 4.68. The van der Waals surface area contributed by atoms with Gasteiger partial charge in [0.2, 0.25) is 0 Å². The molecule has 3 nitrogen and oxygen atoms in total. The Morgan fingerprint density at radius 2 is 2.00 bits per heavy atom. The van der Waals surface area contributed by atoms with E-state index in [2.05, 4.69) is 31.9 Å². The molecular formula is C10H8Br2ClF3N2O. The monoisotopic (exact) mass is 422 g/mol. The number of alkyl halides is 4. The molecule has 0 bridgehead atoms. The second-order valence-electron chi connectivity index (χ2n) is 3.38. The Labute approximate surface area is 129 Å². The van der Waals surface area contributed by atoms with Gasteiger partial charge in [0.1, 0.15) is 27.1 Å². The lowest BCUT2D eigenvalue weighted by Gasteiger charge is -2.19. The van der Waals surface area contributed by atoms with Gasteiger partial charge in [-0.15, -0.1) is 11.6 Å². The summed E-state index contributed by atoms with van der Waals surface area (Å²) in [5, 5.41) is 8.90. The van der Waals surface area contributed by atoms with Crippen molar-refractivity contribution in [2.75, 3.05) is 12.5 Å². The molecule has 19 heavy (non-hydrogen) atoms. The fourth-order valence-corrected chi connectivity index (χ4v) is 3.51. The van der Waals surface area contributed by atoms with E-state index in [-0.39, 0.29) is 21.7 Å². The highest BCUT2D eigenvalue weighted by Crippen LogP contribution is 2.43. The van der Waals surface area contributed by atoms with Gasteiger partial charge in [-0.1, -0.05) is 0 Å². The van der Waals surface area contributed by atoms with Crippen molar-refractivity contribution < 1.29 is 17.9 Å². The van der Waals surface area contributed by atoms with Gasteiger partial charge in [0.25, 0.3) is 0 Å². The second-order valence-corrected chi connectivity index (χ2v) is 5.19. The number of hydrogen-bond donors (Lipinski definition) is 0. The van der Waals surface area contributed by atoms with Crippen molar-refractivity contribution in [2.45, 2.75) is 19.3 Å². The Hall–Kier alpha value is -0.230. The van der Waals surface area contributed by atoms with Gasteiger partial charge in [-0.25, -0.2) is 0 Å². The van der Waals surface area contributed by atoms with Crippen LogP contribution in [0.1, 0.15) is 24.3 Å². The van der Waals surface area contributed by atoms with Crippen molar-refractivity contribution in [2.24, 2.45) is 0 Å². The van der Waals surface area contributed by atoms with E-state index in [0.29, 0.717) is 0 Å². The highest BCUT2D eigenvalue weighted by Gasteiger charge is 2.41. The summed E-state index contributed by atoms with van der Waals surface area (Å²) in [6, 6.07) is 1.54. The maximum absolute atomic E-state index is 13.0. The zero-order valence-corrected chi connectivity index (χ0v) is 13.5. The van der Waals surface area contributed by atoms with Crippen molar-refractivity contribution in [3.63, 3.8) is 0 Å². The van der Waals surface area contributed by atoms with Gasteiger partial charge in [0.15, 0.2) is 0 Å². The first-order valence-corrected chi connectivity index (χ1v) is 7.15. The van der Waals surface area contributed by atoms with E-state index in [0.717, 1.165) is 4.57 Å². The fraction of sp³-hybridized carbons (Fsp3) is 0.500. The number of rotatable bonds is 4. The van der Waals surface area contributed by atoms with E-state index in [4.69, 9.17) is 21.6 Å². The third kappa shape index (κ3) is 3.27. The zero-order chi connectivity index (χ0) is 14.8.